The van der Waals surface area contributed by atoms with Crippen LogP contribution in [0.25, 0.3) is 0 Å². The van der Waals surface area contributed by atoms with Crippen LogP contribution in [0.2, 0.25) is 0 Å². The van der Waals surface area contributed by atoms with Gasteiger partial charge < -0.3 is 10.3 Å². The summed E-state index contributed by atoms with van der Waals surface area (Å²) >= 11 is 0. The fourth-order valence-corrected chi connectivity index (χ4v) is 4.62. The summed E-state index contributed by atoms with van der Waals surface area (Å²) in [6, 6.07) is 5.90. The number of benzene rings is 1. The number of aromatic nitrogens is 2. The fraction of sp³-hybridized carbons (Fsp3) is 0.412. The van der Waals surface area contributed by atoms with Crippen molar-refractivity contribution in [2.24, 2.45) is 0 Å². The van der Waals surface area contributed by atoms with Gasteiger partial charge in [-0.1, -0.05) is 6.92 Å². The Bertz CT molecular complexity index is 849. The Kier molecular flexibility index (Phi) is 5.40. The van der Waals surface area contributed by atoms with E-state index in [9.17, 15) is 13.2 Å². The minimum absolute atomic E-state index is 0.108. The highest BCUT2D eigenvalue weighted by molar-refractivity contribution is 7.89. The van der Waals surface area contributed by atoms with E-state index in [1.807, 2.05) is 0 Å². The topological polar surface area (TPSA) is 98.4 Å². The summed E-state index contributed by atoms with van der Waals surface area (Å²) in [4.78, 5) is 21.4. The van der Waals surface area contributed by atoms with Crippen molar-refractivity contribution in [3.05, 3.63) is 48.0 Å². The molecule has 0 bridgehead atoms. The Morgan fingerprint density at radius 1 is 1.31 bits per heavy atom. The van der Waals surface area contributed by atoms with Crippen molar-refractivity contribution in [3.8, 4) is 0 Å². The van der Waals surface area contributed by atoms with Gasteiger partial charge in [-0.2, -0.15) is 4.31 Å². The Morgan fingerprint density at radius 3 is 2.62 bits per heavy atom. The number of H-pyrrole nitrogens is 1. The molecule has 8 nitrogen and oxygen atoms in total. The molecule has 0 unspecified atom stereocenters. The molecular weight excluding hydrogens is 354 g/mol. The van der Waals surface area contributed by atoms with Crippen LogP contribution in [0.1, 0.15) is 29.1 Å². The van der Waals surface area contributed by atoms with E-state index in [1.54, 1.807) is 12.4 Å². The molecule has 1 aliphatic heterocycles. The summed E-state index contributed by atoms with van der Waals surface area (Å²) in [6.07, 6.45) is 3.42. The number of rotatable bonds is 5. The first-order chi connectivity index (χ1) is 12.5. The molecule has 3 rings (SSSR count). The number of likely N-dealkylation sites (N-methyl/N-ethyl adjacent to an activating group) is 1. The largest absolute Gasteiger partial charge is 0.355 e. The Balaban J connectivity index is 1.84. The van der Waals surface area contributed by atoms with Crippen LogP contribution in [0, 0.1) is 0 Å². The second kappa shape index (κ2) is 7.56. The summed E-state index contributed by atoms with van der Waals surface area (Å²) < 4.78 is 27.5. The zero-order valence-corrected chi connectivity index (χ0v) is 15.7. The average molecular weight is 377 g/mol. The molecule has 0 aliphatic carbocycles. The molecule has 9 heteroatoms. The molecule has 1 aliphatic rings. The number of hydrogen-bond acceptors (Lipinski definition) is 5. The van der Waals surface area contributed by atoms with E-state index in [4.69, 9.17) is 0 Å². The third kappa shape index (κ3) is 3.50. The summed E-state index contributed by atoms with van der Waals surface area (Å²) in [7, 11) is -2.10. The smallest absolute Gasteiger partial charge is 0.251 e. The lowest BCUT2D eigenvalue weighted by Crippen LogP contribution is -2.50. The van der Waals surface area contributed by atoms with Crippen LogP contribution >= 0.6 is 0 Å². The number of amides is 1. The molecule has 1 atom stereocenters. The van der Waals surface area contributed by atoms with E-state index in [-0.39, 0.29) is 16.8 Å². The first-order valence-electron chi connectivity index (χ1n) is 8.53. The van der Waals surface area contributed by atoms with Crippen molar-refractivity contribution in [2.75, 3.05) is 33.2 Å². The van der Waals surface area contributed by atoms with Gasteiger partial charge in [-0.25, -0.2) is 13.4 Å². The quantitative estimate of drug-likeness (QED) is 0.804. The molecule has 2 heterocycles. The van der Waals surface area contributed by atoms with E-state index in [0.717, 1.165) is 12.4 Å². The van der Waals surface area contributed by atoms with Crippen LogP contribution in [-0.4, -0.2) is 66.7 Å². The maximum atomic E-state index is 13.0. The predicted octanol–water partition coefficient (Wildman–Crippen LogP) is 0.837. The van der Waals surface area contributed by atoms with E-state index in [1.165, 1.54) is 35.6 Å². The number of carbonyl (C=O) groups excluding carboxylic acids is 1. The van der Waals surface area contributed by atoms with Crippen molar-refractivity contribution < 1.29 is 13.2 Å². The van der Waals surface area contributed by atoms with Crippen LogP contribution in [0.3, 0.4) is 0 Å². The monoisotopic (exact) mass is 377 g/mol. The van der Waals surface area contributed by atoms with Gasteiger partial charge >= 0.3 is 0 Å². The zero-order chi connectivity index (χ0) is 18.7. The standard InChI is InChI=1S/C17H23N5O3S/c1-3-21-10-11-22(12-15(21)16-19-8-9-20-16)26(24,25)14-6-4-13(5-7-14)17(23)18-2/h4-9,15H,3,10-12H2,1-2H3,(H,18,23)(H,19,20)/t15-/m1/s1. The van der Waals surface area contributed by atoms with Gasteiger partial charge in [-0.05, 0) is 30.8 Å². The molecule has 140 valence electrons. The molecule has 1 amide bonds. The lowest BCUT2D eigenvalue weighted by molar-refractivity contribution is 0.0963. The number of sulfonamides is 1. The highest BCUT2D eigenvalue weighted by atomic mass is 32.2. The molecule has 1 fully saturated rings. The van der Waals surface area contributed by atoms with E-state index >= 15 is 0 Å². The SMILES string of the molecule is CCN1CCN(S(=O)(=O)c2ccc(C(=O)NC)cc2)C[C@@H]1c1ncc[nH]1. The Labute approximate surface area is 153 Å². The molecule has 0 spiro atoms. The number of nitrogens with zero attached hydrogens (tertiary/aromatic N) is 3. The Hall–Kier alpha value is -2.23. The van der Waals surface area contributed by atoms with Gasteiger partial charge in [0.2, 0.25) is 10.0 Å². The first-order valence-corrected chi connectivity index (χ1v) is 9.97. The maximum absolute atomic E-state index is 13.0. The van der Waals surface area contributed by atoms with Crippen LogP contribution in [0.4, 0.5) is 0 Å². The van der Waals surface area contributed by atoms with Gasteiger partial charge in [0.05, 0.1) is 10.9 Å². The van der Waals surface area contributed by atoms with E-state index < -0.39 is 10.0 Å². The van der Waals surface area contributed by atoms with Gasteiger partial charge in [0, 0.05) is 44.6 Å². The van der Waals surface area contributed by atoms with Crippen LogP contribution in [0.5, 0.6) is 0 Å². The van der Waals surface area contributed by atoms with Gasteiger partial charge in [-0.3, -0.25) is 9.69 Å². The number of nitrogens with one attached hydrogen (secondary N) is 2. The number of piperazine rings is 1. The third-order valence-corrected chi connectivity index (χ3v) is 6.56. The lowest BCUT2D eigenvalue weighted by Gasteiger charge is -2.39. The van der Waals surface area contributed by atoms with Crippen molar-refractivity contribution in [3.63, 3.8) is 0 Å². The number of hydrogen-bond donors (Lipinski definition) is 2. The number of imidazole rings is 1. The highest BCUT2D eigenvalue weighted by Gasteiger charge is 2.35. The molecule has 2 N–H and O–H groups in total. The van der Waals surface area contributed by atoms with Crippen LogP contribution in [0.15, 0.2) is 41.6 Å². The van der Waals surface area contributed by atoms with E-state index in [0.29, 0.717) is 25.2 Å². The minimum Gasteiger partial charge on any atom is -0.355 e. The van der Waals surface area contributed by atoms with Gasteiger partial charge in [-0.15, -0.1) is 0 Å². The predicted molar refractivity (Wildman–Crippen MR) is 97.2 cm³/mol. The molecule has 26 heavy (non-hydrogen) atoms. The van der Waals surface area contributed by atoms with Gasteiger partial charge in [0.15, 0.2) is 0 Å². The normalized spacial score (nSPS) is 19.4. The lowest BCUT2D eigenvalue weighted by atomic mass is 10.2. The minimum atomic E-state index is -3.63. The molecule has 1 aromatic heterocycles. The number of carbonyl (C=O) groups is 1. The summed E-state index contributed by atoms with van der Waals surface area (Å²) in [6.45, 7) is 4.26. The highest BCUT2D eigenvalue weighted by Crippen LogP contribution is 2.27. The number of aromatic amines is 1. The zero-order valence-electron chi connectivity index (χ0n) is 14.8. The molecule has 0 saturated carbocycles. The second-order valence-corrected chi connectivity index (χ2v) is 8.02. The van der Waals surface area contributed by atoms with Crippen molar-refractivity contribution in [1.29, 1.82) is 0 Å². The van der Waals surface area contributed by atoms with Crippen LogP contribution < -0.4 is 5.32 Å². The van der Waals surface area contributed by atoms with Crippen molar-refractivity contribution in [1.82, 2.24) is 24.5 Å². The summed E-state index contributed by atoms with van der Waals surface area (Å²) in [5, 5.41) is 2.52. The average Bonchev–Trinajstić information content (AvgIpc) is 3.21. The van der Waals surface area contributed by atoms with Crippen molar-refractivity contribution >= 4 is 15.9 Å². The third-order valence-electron chi connectivity index (χ3n) is 4.68. The van der Waals surface area contributed by atoms with E-state index in [2.05, 4.69) is 27.1 Å². The molecular formula is C17H23N5O3S. The Morgan fingerprint density at radius 2 is 2.04 bits per heavy atom. The second-order valence-electron chi connectivity index (χ2n) is 6.09. The van der Waals surface area contributed by atoms with Gasteiger partial charge in [0.25, 0.3) is 5.91 Å². The molecule has 1 saturated heterocycles. The molecule has 2 aromatic rings. The first kappa shape index (κ1) is 18.6. The summed E-state index contributed by atoms with van der Waals surface area (Å²) in [5.41, 5.74) is 0.427. The fourth-order valence-electron chi connectivity index (χ4n) is 3.18. The molecule has 1 aromatic carbocycles. The molecule has 0 radical (unpaired) electrons. The van der Waals surface area contributed by atoms with Gasteiger partial charge in [0.1, 0.15) is 5.82 Å². The van der Waals surface area contributed by atoms with Crippen LogP contribution in [-0.2, 0) is 10.0 Å². The summed E-state index contributed by atoms with van der Waals surface area (Å²) in [5.74, 6) is 0.519. The maximum Gasteiger partial charge on any atom is 0.251 e. The van der Waals surface area contributed by atoms with Crippen molar-refractivity contribution in [2.45, 2.75) is 17.9 Å².